The van der Waals surface area contributed by atoms with Crippen LogP contribution in [0.15, 0.2) is 43.0 Å². The molecule has 1 N–H and O–H groups in total. The van der Waals surface area contributed by atoms with Crippen LogP contribution in [-0.2, 0) is 20.7 Å². The molecule has 0 bridgehead atoms. The molecule has 1 atom stereocenters. The summed E-state index contributed by atoms with van der Waals surface area (Å²) in [4.78, 5) is 23.8. The minimum absolute atomic E-state index is 0.0920. The zero-order valence-electron chi connectivity index (χ0n) is 12.9. The Morgan fingerprint density at radius 3 is 2.64 bits per heavy atom. The maximum atomic E-state index is 12.1. The summed E-state index contributed by atoms with van der Waals surface area (Å²) in [5.41, 5.74) is 0.934. The van der Waals surface area contributed by atoms with Gasteiger partial charge in [-0.15, -0.1) is 0 Å². The molecule has 120 valence electrons. The van der Waals surface area contributed by atoms with E-state index in [4.69, 9.17) is 9.47 Å². The van der Waals surface area contributed by atoms with E-state index in [-0.39, 0.29) is 6.61 Å². The van der Waals surface area contributed by atoms with Crippen molar-refractivity contribution in [1.29, 1.82) is 0 Å². The third-order valence-electron chi connectivity index (χ3n) is 2.93. The van der Waals surface area contributed by atoms with Gasteiger partial charge in [-0.05, 0) is 12.0 Å². The van der Waals surface area contributed by atoms with Crippen LogP contribution in [0.3, 0.4) is 0 Å². The number of hydrogen-bond acceptors (Lipinski definition) is 4. The average Bonchev–Trinajstić information content (AvgIpc) is 2.53. The molecule has 0 aliphatic carbocycles. The number of rotatable bonds is 9. The lowest BCUT2D eigenvalue weighted by atomic mass is 10.1. The van der Waals surface area contributed by atoms with Crippen molar-refractivity contribution in [3.05, 3.63) is 48.6 Å². The van der Waals surface area contributed by atoms with Gasteiger partial charge in [0.25, 0.3) is 0 Å². The van der Waals surface area contributed by atoms with Crippen LogP contribution in [0.2, 0.25) is 0 Å². The lowest BCUT2D eigenvalue weighted by molar-refractivity contribution is -0.146. The summed E-state index contributed by atoms with van der Waals surface area (Å²) >= 11 is 0. The van der Waals surface area contributed by atoms with Crippen molar-refractivity contribution in [2.24, 2.45) is 0 Å². The summed E-state index contributed by atoms with van der Waals surface area (Å²) in [6, 6.07) is 8.67. The summed E-state index contributed by atoms with van der Waals surface area (Å²) in [7, 11) is 0. The van der Waals surface area contributed by atoms with E-state index in [9.17, 15) is 9.59 Å². The van der Waals surface area contributed by atoms with Crippen LogP contribution >= 0.6 is 0 Å². The fourth-order valence-corrected chi connectivity index (χ4v) is 1.78. The Morgan fingerprint density at radius 2 is 2.00 bits per heavy atom. The number of hydrogen-bond donors (Lipinski definition) is 1. The van der Waals surface area contributed by atoms with Gasteiger partial charge in [0.1, 0.15) is 12.6 Å². The molecule has 0 heterocycles. The highest BCUT2D eigenvalue weighted by atomic mass is 16.6. The second kappa shape index (κ2) is 10.4. The van der Waals surface area contributed by atoms with Gasteiger partial charge in [-0.1, -0.05) is 56.3 Å². The Hall–Kier alpha value is -2.30. The molecular weight excluding hydrogens is 282 g/mol. The molecule has 5 nitrogen and oxygen atoms in total. The highest BCUT2D eigenvalue weighted by Gasteiger charge is 2.23. The number of carbonyl (C=O) groups excluding carboxylic acids is 2. The summed E-state index contributed by atoms with van der Waals surface area (Å²) in [5, 5.41) is 2.54. The minimum atomic E-state index is -0.767. The smallest absolute Gasteiger partial charge is 0.408 e. The fraction of sp³-hybridized carbons (Fsp3) is 0.412. The lowest BCUT2D eigenvalue weighted by Gasteiger charge is -2.17. The van der Waals surface area contributed by atoms with Crippen LogP contribution < -0.4 is 5.32 Å². The third-order valence-corrected chi connectivity index (χ3v) is 2.93. The van der Waals surface area contributed by atoms with Gasteiger partial charge in [-0.25, -0.2) is 9.59 Å². The van der Waals surface area contributed by atoms with E-state index >= 15 is 0 Å². The number of amides is 1. The van der Waals surface area contributed by atoms with E-state index in [1.807, 2.05) is 37.3 Å². The zero-order chi connectivity index (χ0) is 16.2. The van der Waals surface area contributed by atoms with Crippen LogP contribution in [0.1, 0.15) is 25.3 Å². The normalized spacial score (nSPS) is 11.3. The molecule has 1 unspecified atom stereocenters. The fourth-order valence-electron chi connectivity index (χ4n) is 1.78. The first-order chi connectivity index (χ1) is 10.7. The van der Waals surface area contributed by atoms with Gasteiger partial charge >= 0.3 is 12.1 Å². The van der Waals surface area contributed by atoms with E-state index in [0.717, 1.165) is 18.4 Å². The van der Waals surface area contributed by atoms with Crippen LogP contribution in [0.4, 0.5) is 4.79 Å². The highest BCUT2D eigenvalue weighted by molar-refractivity contribution is 5.81. The van der Waals surface area contributed by atoms with E-state index in [0.29, 0.717) is 13.0 Å². The van der Waals surface area contributed by atoms with Gasteiger partial charge in [0, 0.05) is 6.42 Å². The highest BCUT2D eigenvalue weighted by Crippen LogP contribution is 2.06. The van der Waals surface area contributed by atoms with Gasteiger partial charge in [0.2, 0.25) is 0 Å². The molecule has 0 aliphatic rings. The van der Waals surface area contributed by atoms with Crippen molar-refractivity contribution in [1.82, 2.24) is 5.32 Å². The van der Waals surface area contributed by atoms with E-state index in [1.165, 1.54) is 6.08 Å². The molecule has 0 spiro atoms. The topological polar surface area (TPSA) is 64.6 Å². The number of nitrogens with one attached hydrogen (secondary N) is 1. The first-order valence-electron chi connectivity index (χ1n) is 7.42. The maximum absolute atomic E-state index is 12.1. The van der Waals surface area contributed by atoms with Crippen molar-refractivity contribution in [3.63, 3.8) is 0 Å². The first kappa shape index (κ1) is 17.8. The summed E-state index contributed by atoms with van der Waals surface area (Å²) in [6.07, 6.45) is 2.89. The van der Waals surface area contributed by atoms with Gasteiger partial charge in [-0.3, -0.25) is 0 Å². The molecule has 0 saturated heterocycles. The molecule has 1 amide bonds. The Labute approximate surface area is 131 Å². The molecule has 1 aromatic rings. The number of esters is 1. The van der Waals surface area contributed by atoms with Crippen LogP contribution in [-0.4, -0.2) is 31.3 Å². The van der Waals surface area contributed by atoms with Crippen LogP contribution in [0.25, 0.3) is 0 Å². The maximum Gasteiger partial charge on any atom is 0.408 e. The van der Waals surface area contributed by atoms with Gasteiger partial charge in [0.05, 0.1) is 6.61 Å². The summed E-state index contributed by atoms with van der Waals surface area (Å²) in [5.74, 6) is -0.451. The van der Waals surface area contributed by atoms with Crippen LogP contribution in [0, 0.1) is 0 Å². The molecular formula is C17H23NO4. The number of alkyl carbamates (subject to hydrolysis) is 1. The zero-order valence-corrected chi connectivity index (χ0v) is 12.9. The van der Waals surface area contributed by atoms with Crippen molar-refractivity contribution in [2.75, 3.05) is 13.2 Å². The first-order valence-corrected chi connectivity index (χ1v) is 7.42. The molecule has 0 radical (unpaired) electrons. The summed E-state index contributed by atoms with van der Waals surface area (Å²) in [6.45, 7) is 5.93. The molecule has 0 aromatic heterocycles. The Bertz CT molecular complexity index is 473. The predicted molar refractivity (Wildman–Crippen MR) is 84.5 cm³/mol. The minimum Gasteiger partial charge on any atom is -0.464 e. The average molecular weight is 305 g/mol. The molecule has 0 fully saturated rings. The van der Waals surface area contributed by atoms with E-state index in [2.05, 4.69) is 11.9 Å². The monoisotopic (exact) mass is 305 g/mol. The number of carbonyl (C=O) groups is 2. The molecule has 0 aliphatic heterocycles. The molecule has 5 heteroatoms. The van der Waals surface area contributed by atoms with Crippen molar-refractivity contribution in [2.45, 2.75) is 32.2 Å². The standard InChI is InChI=1S/C17H23NO4/c1-3-5-12-21-16(19)15(18-17(20)22-11-4-2)13-14-9-7-6-8-10-14/h4,6-10,15H,2-3,5,11-13H2,1H3,(H,18,20). The van der Waals surface area contributed by atoms with Crippen molar-refractivity contribution < 1.29 is 19.1 Å². The molecule has 1 rings (SSSR count). The van der Waals surface area contributed by atoms with Gasteiger partial charge < -0.3 is 14.8 Å². The van der Waals surface area contributed by atoms with E-state index < -0.39 is 18.1 Å². The van der Waals surface area contributed by atoms with E-state index in [1.54, 1.807) is 0 Å². The van der Waals surface area contributed by atoms with Crippen molar-refractivity contribution in [3.8, 4) is 0 Å². The largest absolute Gasteiger partial charge is 0.464 e. The van der Waals surface area contributed by atoms with Gasteiger partial charge in [0.15, 0.2) is 0 Å². The lowest BCUT2D eigenvalue weighted by Crippen LogP contribution is -2.43. The SMILES string of the molecule is C=CCOC(=O)NC(Cc1ccccc1)C(=O)OCCCC. The second-order valence-electron chi connectivity index (χ2n) is 4.79. The molecule has 0 saturated carbocycles. The molecule has 1 aromatic carbocycles. The van der Waals surface area contributed by atoms with Crippen molar-refractivity contribution >= 4 is 12.1 Å². The summed E-state index contributed by atoms with van der Waals surface area (Å²) < 4.78 is 10.1. The number of benzene rings is 1. The quantitative estimate of drug-likeness (QED) is 0.433. The predicted octanol–water partition coefficient (Wildman–Crippen LogP) is 2.85. The Kier molecular flexibility index (Phi) is 8.42. The van der Waals surface area contributed by atoms with Crippen LogP contribution in [0.5, 0.6) is 0 Å². The Balaban J connectivity index is 2.64. The van der Waals surface area contributed by atoms with Gasteiger partial charge in [-0.2, -0.15) is 0 Å². The Morgan fingerprint density at radius 1 is 1.27 bits per heavy atom. The number of ether oxygens (including phenoxy) is 2. The third kappa shape index (κ3) is 6.92. The second-order valence-corrected chi connectivity index (χ2v) is 4.79. The molecule has 22 heavy (non-hydrogen) atoms. The number of unbranched alkanes of at least 4 members (excludes halogenated alkanes) is 1.